The van der Waals surface area contributed by atoms with Gasteiger partial charge in [0.15, 0.2) is 11.6 Å². The smallest absolute Gasteiger partial charge is 0.226 e. The first-order valence-corrected chi connectivity index (χ1v) is 12.1. The van der Waals surface area contributed by atoms with E-state index >= 15 is 0 Å². The van der Waals surface area contributed by atoms with Gasteiger partial charge in [-0.25, -0.2) is 4.98 Å². The molecule has 7 aromatic rings. The van der Waals surface area contributed by atoms with E-state index in [4.69, 9.17) is 16.6 Å². The lowest BCUT2D eigenvalue weighted by molar-refractivity contribution is 1.07. The summed E-state index contributed by atoms with van der Waals surface area (Å²) in [4.78, 5) is 13.7. The summed E-state index contributed by atoms with van der Waals surface area (Å²) in [5.41, 5.74) is 5.26. The van der Waals surface area contributed by atoms with Crippen molar-refractivity contribution in [3.63, 3.8) is 0 Å². The van der Waals surface area contributed by atoms with Crippen molar-refractivity contribution in [2.24, 2.45) is 0 Å². The standard InChI is InChI=1S/C31H19ClN4/c32-31-34-29(20-10-2-1-3-11-20)33-30(35-31)25-18-19-28(22-13-5-4-12-21(22)25)36-26-16-8-6-14-23(26)24-15-7-9-17-27(24)36/h1-19H. The van der Waals surface area contributed by atoms with Crippen LogP contribution in [0.3, 0.4) is 0 Å². The molecule has 2 heterocycles. The van der Waals surface area contributed by atoms with Crippen LogP contribution in [0.2, 0.25) is 5.28 Å². The van der Waals surface area contributed by atoms with Crippen molar-refractivity contribution in [3.05, 3.63) is 121 Å². The van der Waals surface area contributed by atoms with Crippen molar-refractivity contribution in [2.45, 2.75) is 0 Å². The summed E-state index contributed by atoms with van der Waals surface area (Å²) in [6, 6.07) is 39.5. The Morgan fingerprint density at radius 2 is 1.03 bits per heavy atom. The molecule has 0 fully saturated rings. The Balaban J connectivity index is 1.50. The number of fused-ring (bicyclic) bond motifs is 4. The van der Waals surface area contributed by atoms with Gasteiger partial charge in [0.25, 0.3) is 0 Å². The summed E-state index contributed by atoms with van der Waals surface area (Å²) in [5.74, 6) is 1.11. The molecule has 0 saturated carbocycles. The van der Waals surface area contributed by atoms with Crippen molar-refractivity contribution in [1.29, 1.82) is 0 Å². The third-order valence-electron chi connectivity index (χ3n) is 6.60. The average molecular weight is 483 g/mol. The van der Waals surface area contributed by atoms with Crippen LogP contribution in [0.5, 0.6) is 0 Å². The zero-order chi connectivity index (χ0) is 24.1. The molecule has 2 aromatic heterocycles. The van der Waals surface area contributed by atoms with Crippen molar-refractivity contribution >= 4 is 44.2 Å². The molecule has 0 aliphatic rings. The molecule has 0 aliphatic heterocycles. The first kappa shape index (κ1) is 20.8. The molecular formula is C31H19ClN4. The van der Waals surface area contributed by atoms with E-state index in [2.05, 4.69) is 93.4 Å². The van der Waals surface area contributed by atoms with Gasteiger partial charge in [0.1, 0.15) is 0 Å². The van der Waals surface area contributed by atoms with Gasteiger partial charge < -0.3 is 4.57 Å². The highest BCUT2D eigenvalue weighted by Crippen LogP contribution is 2.37. The van der Waals surface area contributed by atoms with Crippen molar-refractivity contribution in [3.8, 4) is 28.5 Å². The topological polar surface area (TPSA) is 43.6 Å². The quantitative estimate of drug-likeness (QED) is 0.255. The predicted octanol–water partition coefficient (Wildman–Crippen LogP) is 8.11. The summed E-state index contributed by atoms with van der Waals surface area (Å²) in [6.45, 7) is 0. The van der Waals surface area contributed by atoms with E-state index < -0.39 is 0 Å². The maximum atomic E-state index is 6.38. The zero-order valence-electron chi connectivity index (χ0n) is 19.1. The second-order valence-electron chi connectivity index (χ2n) is 8.67. The van der Waals surface area contributed by atoms with Gasteiger partial charge in [-0.05, 0) is 41.3 Å². The maximum absolute atomic E-state index is 6.38. The van der Waals surface area contributed by atoms with Crippen LogP contribution in [0, 0.1) is 0 Å². The van der Waals surface area contributed by atoms with Crippen LogP contribution >= 0.6 is 11.6 Å². The van der Waals surface area contributed by atoms with Crippen LogP contribution in [0.15, 0.2) is 115 Å². The minimum absolute atomic E-state index is 0.175. The number of nitrogens with zero attached hydrogens (tertiary/aromatic N) is 4. The minimum atomic E-state index is 0.175. The first-order chi connectivity index (χ1) is 17.8. The molecule has 0 spiro atoms. The average Bonchev–Trinajstić information content (AvgIpc) is 3.27. The molecule has 0 bridgehead atoms. The number of aromatic nitrogens is 4. The van der Waals surface area contributed by atoms with Gasteiger partial charge in [-0.2, -0.15) is 9.97 Å². The number of hydrogen-bond acceptors (Lipinski definition) is 3. The summed E-state index contributed by atoms with van der Waals surface area (Å²) in [5, 5.41) is 4.81. The molecule has 7 rings (SSSR count). The molecule has 5 heteroatoms. The van der Waals surface area contributed by atoms with Crippen LogP contribution < -0.4 is 0 Å². The Bertz CT molecular complexity index is 1850. The first-order valence-electron chi connectivity index (χ1n) is 11.8. The lowest BCUT2D eigenvalue weighted by atomic mass is 10.0. The van der Waals surface area contributed by atoms with Gasteiger partial charge in [-0.1, -0.05) is 91.0 Å². The van der Waals surface area contributed by atoms with Crippen LogP contribution in [0.1, 0.15) is 0 Å². The predicted molar refractivity (Wildman–Crippen MR) is 148 cm³/mol. The summed E-state index contributed by atoms with van der Waals surface area (Å²) in [7, 11) is 0. The van der Waals surface area contributed by atoms with Gasteiger partial charge in [0, 0.05) is 27.3 Å². The van der Waals surface area contributed by atoms with E-state index in [0.29, 0.717) is 11.6 Å². The number of para-hydroxylation sites is 2. The molecule has 5 aromatic carbocycles. The van der Waals surface area contributed by atoms with E-state index in [1.54, 1.807) is 0 Å². The fraction of sp³-hybridized carbons (Fsp3) is 0. The van der Waals surface area contributed by atoms with Crippen molar-refractivity contribution < 1.29 is 0 Å². The largest absolute Gasteiger partial charge is 0.309 e. The molecule has 36 heavy (non-hydrogen) atoms. The minimum Gasteiger partial charge on any atom is -0.309 e. The van der Waals surface area contributed by atoms with Crippen LogP contribution in [0.25, 0.3) is 61.0 Å². The third kappa shape index (κ3) is 3.27. The number of rotatable bonds is 3. The zero-order valence-corrected chi connectivity index (χ0v) is 19.9. The molecule has 0 saturated heterocycles. The Labute approximate surface area is 212 Å². The molecule has 170 valence electrons. The molecule has 0 amide bonds. The maximum Gasteiger partial charge on any atom is 0.226 e. The van der Waals surface area contributed by atoms with Crippen LogP contribution in [0.4, 0.5) is 0 Å². The van der Waals surface area contributed by atoms with Crippen LogP contribution in [-0.4, -0.2) is 19.5 Å². The lowest BCUT2D eigenvalue weighted by Gasteiger charge is -2.14. The van der Waals surface area contributed by atoms with Gasteiger partial charge in [0.2, 0.25) is 5.28 Å². The van der Waals surface area contributed by atoms with Gasteiger partial charge in [-0.3, -0.25) is 0 Å². The SMILES string of the molecule is Clc1nc(-c2ccccc2)nc(-c2ccc(-n3c4ccccc4c4ccccc43)c3ccccc23)n1. The van der Waals surface area contributed by atoms with E-state index in [1.165, 1.54) is 21.8 Å². The number of hydrogen-bond donors (Lipinski definition) is 0. The highest BCUT2D eigenvalue weighted by Gasteiger charge is 2.17. The summed E-state index contributed by atoms with van der Waals surface area (Å²) in [6.07, 6.45) is 0. The second-order valence-corrected chi connectivity index (χ2v) is 9.00. The Hall–Kier alpha value is -4.54. The highest BCUT2D eigenvalue weighted by molar-refractivity contribution is 6.28. The fourth-order valence-corrected chi connectivity index (χ4v) is 5.20. The molecular weight excluding hydrogens is 464 g/mol. The fourth-order valence-electron chi connectivity index (χ4n) is 5.04. The molecule has 0 atom stereocenters. The Morgan fingerprint density at radius 3 is 1.72 bits per heavy atom. The highest BCUT2D eigenvalue weighted by atomic mass is 35.5. The lowest BCUT2D eigenvalue weighted by Crippen LogP contribution is -2.00. The third-order valence-corrected chi connectivity index (χ3v) is 6.77. The molecule has 4 nitrogen and oxygen atoms in total. The van der Waals surface area contributed by atoms with Gasteiger partial charge >= 0.3 is 0 Å². The van der Waals surface area contributed by atoms with Gasteiger partial charge in [-0.15, -0.1) is 0 Å². The Morgan fingerprint density at radius 1 is 0.472 bits per heavy atom. The second kappa shape index (κ2) is 8.29. The molecule has 0 radical (unpaired) electrons. The molecule has 0 aliphatic carbocycles. The number of halogens is 1. The van der Waals surface area contributed by atoms with E-state index in [0.717, 1.165) is 27.6 Å². The number of benzene rings is 5. The molecule has 0 unspecified atom stereocenters. The van der Waals surface area contributed by atoms with Crippen molar-refractivity contribution in [1.82, 2.24) is 19.5 Å². The normalized spacial score (nSPS) is 11.5. The molecule has 0 N–H and O–H groups in total. The van der Waals surface area contributed by atoms with E-state index in [1.807, 2.05) is 36.4 Å². The van der Waals surface area contributed by atoms with Gasteiger partial charge in [0.05, 0.1) is 16.7 Å². The van der Waals surface area contributed by atoms with E-state index in [9.17, 15) is 0 Å². The summed E-state index contributed by atoms with van der Waals surface area (Å²) >= 11 is 6.38. The van der Waals surface area contributed by atoms with Crippen LogP contribution in [-0.2, 0) is 0 Å². The monoisotopic (exact) mass is 482 g/mol. The summed E-state index contributed by atoms with van der Waals surface area (Å²) < 4.78 is 2.34. The van der Waals surface area contributed by atoms with Crippen molar-refractivity contribution in [2.75, 3.05) is 0 Å². The Kier molecular flexibility index (Phi) is 4.79. The van der Waals surface area contributed by atoms with E-state index in [-0.39, 0.29) is 5.28 Å².